The summed E-state index contributed by atoms with van der Waals surface area (Å²) in [6, 6.07) is 0. The maximum absolute atomic E-state index is 11.0. The highest BCUT2D eigenvalue weighted by Crippen LogP contribution is 2.13. The van der Waals surface area contributed by atoms with E-state index >= 15 is 0 Å². The van der Waals surface area contributed by atoms with Crippen molar-refractivity contribution in [1.82, 2.24) is 0 Å². The summed E-state index contributed by atoms with van der Waals surface area (Å²) in [5, 5.41) is 0. The van der Waals surface area contributed by atoms with Crippen molar-refractivity contribution in [1.29, 1.82) is 0 Å². The maximum Gasteiger partial charge on any atom is 0.132 e. The van der Waals surface area contributed by atoms with Gasteiger partial charge in [-0.05, 0) is 19.8 Å². The highest BCUT2D eigenvalue weighted by molar-refractivity contribution is 5.78. The van der Waals surface area contributed by atoms with Crippen LogP contribution in [0.15, 0.2) is 0 Å². The number of Topliss-reactive ketones (excluding diaryl/α,β-unsaturated/α-hetero) is 1. The molecule has 0 aliphatic carbocycles. The van der Waals surface area contributed by atoms with Gasteiger partial charge in [-0.2, -0.15) is 0 Å². The van der Waals surface area contributed by atoms with E-state index in [1.54, 1.807) is 6.92 Å². The van der Waals surface area contributed by atoms with Crippen molar-refractivity contribution < 1.29 is 7.54 Å². The van der Waals surface area contributed by atoms with Crippen molar-refractivity contribution in [3.63, 3.8) is 0 Å². The van der Waals surface area contributed by atoms with E-state index in [-0.39, 0.29) is 11.7 Å². The first-order valence-corrected chi connectivity index (χ1v) is 3.87. The van der Waals surface area contributed by atoms with Crippen molar-refractivity contribution in [3.05, 3.63) is 0 Å². The van der Waals surface area contributed by atoms with Crippen LogP contribution >= 0.6 is 0 Å². The molecule has 0 heterocycles. The Morgan fingerprint density at radius 2 is 2.10 bits per heavy atom. The van der Waals surface area contributed by atoms with E-state index < -0.39 is 6.37 Å². The number of carbonyl (C=O) groups is 1. The molecule has 1 atom stereocenters. The Kier molecular flexibility index (Phi) is 3.48. The molecule has 0 fully saturated rings. The summed E-state index contributed by atoms with van der Waals surface area (Å²) in [5.41, 5.74) is 0. The minimum atomic E-state index is -1.22. The molecule has 0 aromatic heterocycles. The molecule has 0 saturated carbocycles. The zero-order valence-electron chi connectivity index (χ0n) is 9.11. The van der Waals surface area contributed by atoms with Gasteiger partial charge in [0.25, 0.3) is 0 Å². The summed E-state index contributed by atoms with van der Waals surface area (Å²) in [5.74, 6) is 0.0255. The molecule has 60 valence electrons. The van der Waals surface area contributed by atoms with E-state index in [1.165, 1.54) is 6.92 Å². The zero-order valence-corrected chi connectivity index (χ0v) is 7.11. The van der Waals surface area contributed by atoms with Gasteiger partial charge in [0.1, 0.15) is 5.78 Å². The third-order valence-electron chi connectivity index (χ3n) is 1.66. The van der Waals surface area contributed by atoms with Gasteiger partial charge in [0, 0.05) is 8.66 Å². The molecule has 0 rings (SSSR count). The molecule has 0 spiro atoms. The van der Waals surface area contributed by atoms with Crippen LogP contribution in [0.3, 0.4) is 0 Å². The summed E-state index contributed by atoms with van der Waals surface area (Å²) in [6.07, 6.45) is 0.894. The monoisotopic (exact) mass is 144 g/mol. The van der Waals surface area contributed by atoms with Crippen molar-refractivity contribution in [3.8, 4) is 0 Å². The first-order valence-electron chi connectivity index (χ1n) is 4.87. The molecule has 0 saturated heterocycles. The molecular formula is C9H18O. The zero-order chi connectivity index (χ0) is 9.78. The second-order valence-corrected chi connectivity index (χ2v) is 2.65. The largest absolute Gasteiger partial charge is 0.300 e. The fourth-order valence-corrected chi connectivity index (χ4v) is 1.04. The fourth-order valence-electron chi connectivity index (χ4n) is 1.04. The van der Waals surface area contributed by atoms with E-state index in [1.807, 2.05) is 6.92 Å². The number of hydrogen-bond donors (Lipinski definition) is 0. The molecule has 10 heavy (non-hydrogen) atoms. The van der Waals surface area contributed by atoms with Crippen LogP contribution in [0.25, 0.3) is 0 Å². The average molecular weight is 144 g/mol. The Balaban J connectivity index is 4.05. The molecule has 0 radical (unpaired) electrons. The van der Waals surface area contributed by atoms with E-state index in [4.69, 9.17) is 2.74 Å². The van der Waals surface area contributed by atoms with Gasteiger partial charge in [-0.1, -0.05) is 26.6 Å². The van der Waals surface area contributed by atoms with Gasteiger partial charge in [-0.15, -0.1) is 0 Å². The normalized spacial score (nSPS) is 17.5. The Morgan fingerprint density at radius 1 is 1.50 bits per heavy atom. The van der Waals surface area contributed by atoms with Crippen LogP contribution in [0, 0.1) is 5.92 Å². The Morgan fingerprint density at radius 3 is 2.40 bits per heavy atom. The summed E-state index contributed by atoms with van der Waals surface area (Å²) in [6.45, 7) is 5.09. The molecule has 0 aromatic carbocycles. The molecule has 0 aliphatic heterocycles. The quantitative estimate of drug-likeness (QED) is 0.580. The van der Waals surface area contributed by atoms with E-state index in [0.717, 1.165) is 12.8 Å². The topological polar surface area (TPSA) is 17.1 Å². The van der Waals surface area contributed by atoms with Gasteiger partial charge in [0.15, 0.2) is 0 Å². The van der Waals surface area contributed by atoms with Crippen LogP contribution in [0.4, 0.5) is 0 Å². The summed E-state index contributed by atoms with van der Waals surface area (Å²) in [4.78, 5) is 11.0. The lowest BCUT2D eigenvalue weighted by molar-refractivity contribution is -0.121. The summed E-state index contributed by atoms with van der Waals surface area (Å²) in [7, 11) is 0. The van der Waals surface area contributed by atoms with Crippen LogP contribution in [0.2, 0.25) is 0 Å². The van der Waals surface area contributed by atoms with Crippen molar-refractivity contribution >= 4 is 5.78 Å². The highest BCUT2D eigenvalue weighted by atomic mass is 16.1. The van der Waals surface area contributed by atoms with Gasteiger partial charge in [0.05, 0.1) is 0 Å². The standard InChI is InChI=1S/C9H18O/c1-4-6-9(7-5-2)8(3)10/h9H,4-7H2,1-3H3/i4D2. The lowest BCUT2D eigenvalue weighted by Gasteiger charge is -2.09. The average Bonchev–Trinajstić information content (AvgIpc) is 1.83. The third-order valence-corrected chi connectivity index (χ3v) is 1.66. The minimum absolute atomic E-state index is 0.0880. The van der Waals surface area contributed by atoms with Gasteiger partial charge in [-0.25, -0.2) is 0 Å². The lowest BCUT2D eigenvalue weighted by atomic mass is 9.95. The first-order chi connectivity index (χ1) is 5.37. The van der Waals surface area contributed by atoms with Crippen molar-refractivity contribution in [2.24, 2.45) is 5.92 Å². The fraction of sp³-hybridized carbons (Fsp3) is 0.889. The summed E-state index contributed by atoms with van der Waals surface area (Å²) >= 11 is 0. The molecule has 0 aromatic rings. The molecule has 0 amide bonds. The van der Waals surface area contributed by atoms with Gasteiger partial charge < -0.3 is 0 Å². The van der Waals surface area contributed by atoms with Gasteiger partial charge in [0.2, 0.25) is 0 Å². The molecule has 0 N–H and O–H groups in total. The first kappa shape index (κ1) is 6.38. The molecule has 1 heteroatoms. The smallest absolute Gasteiger partial charge is 0.132 e. The van der Waals surface area contributed by atoms with Crippen molar-refractivity contribution in [2.45, 2.75) is 46.4 Å². The third kappa shape index (κ3) is 3.65. The van der Waals surface area contributed by atoms with Crippen LogP contribution in [-0.2, 0) is 4.79 Å². The Hall–Kier alpha value is -0.330. The van der Waals surface area contributed by atoms with Crippen LogP contribution in [0.1, 0.15) is 49.1 Å². The Bertz CT molecular complexity index is 149. The van der Waals surface area contributed by atoms with E-state index in [0.29, 0.717) is 6.42 Å². The predicted octanol–water partition coefficient (Wildman–Crippen LogP) is 2.79. The highest BCUT2D eigenvalue weighted by Gasteiger charge is 2.10. The van der Waals surface area contributed by atoms with Crippen LogP contribution < -0.4 is 0 Å². The SMILES string of the molecule is [2H]C([2H])(C)CC(CCC)C(C)=O. The predicted molar refractivity (Wildman–Crippen MR) is 44.0 cm³/mol. The number of rotatable bonds is 5. The second kappa shape index (κ2) is 5.45. The molecule has 1 nitrogen and oxygen atoms in total. The van der Waals surface area contributed by atoms with Crippen molar-refractivity contribution in [2.75, 3.05) is 0 Å². The molecular weight excluding hydrogens is 124 g/mol. The molecule has 1 unspecified atom stereocenters. The minimum Gasteiger partial charge on any atom is -0.300 e. The van der Waals surface area contributed by atoms with Gasteiger partial charge >= 0.3 is 0 Å². The molecule has 0 bridgehead atoms. The maximum atomic E-state index is 11.0. The Labute approximate surface area is 66.6 Å². The second-order valence-electron chi connectivity index (χ2n) is 2.65. The van der Waals surface area contributed by atoms with E-state index in [2.05, 4.69) is 0 Å². The van der Waals surface area contributed by atoms with Gasteiger partial charge in [-0.3, -0.25) is 4.79 Å². The van der Waals surface area contributed by atoms with Crippen LogP contribution in [0.5, 0.6) is 0 Å². The van der Waals surface area contributed by atoms with E-state index in [9.17, 15) is 4.79 Å². The lowest BCUT2D eigenvalue weighted by Crippen LogP contribution is -2.09. The summed E-state index contributed by atoms with van der Waals surface area (Å²) < 4.78 is 14.7. The number of hydrogen-bond acceptors (Lipinski definition) is 1. The molecule has 0 aliphatic rings. The van der Waals surface area contributed by atoms with Crippen LogP contribution in [-0.4, -0.2) is 5.78 Å². The number of ketones is 1. The number of carbonyl (C=O) groups excluding carboxylic acids is 1.